The van der Waals surface area contributed by atoms with Crippen LogP contribution in [-0.4, -0.2) is 43.5 Å². The Kier molecular flexibility index (Phi) is 4.83. The maximum absolute atomic E-state index is 12.7. The van der Waals surface area contributed by atoms with E-state index < -0.39 is 0 Å². The van der Waals surface area contributed by atoms with Crippen LogP contribution >= 0.6 is 0 Å². The lowest BCUT2D eigenvalue weighted by Crippen LogP contribution is -2.40. The molecule has 0 aromatic heterocycles. The van der Waals surface area contributed by atoms with E-state index in [2.05, 4.69) is 24.1 Å². The van der Waals surface area contributed by atoms with Gasteiger partial charge in [-0.05, 0) is 24.0 Å². The third kappa shape index (κ3) is 4.21. The van der Waals surface area contributed by atoms with E-state index in [0.29, 0.717) is 6.42 Å². The Balaban J connectivity index is 1.85. The summed E-state index contributed by atoms with van der Waals surface area (Å²) < 4.78 is 5.41. The van der Waals surface area contributed by atoms with Crippen molar-refractivity contribution in [2.75, 3.05) is 38.2 Å². The minimum Gasteiger partial charge on any atom is -0.379 e. The first-order valence-corrected chi connectivity index (χ1v) is 8.41. The maximum atomic E-state index is 12.7. The van der Waals surface area contributed by atoms with Crippen LogP contribution in [0.15, 0.2) is 41.6 Å². The van der Waals surface area contributed by atoms with Crippen LogP contribution in [0.25, 0.3) is 0 Å². The number of anilines is 1. The van der Waals surface area contributed by atoms with Gasteiger partial charge in [0.15, 0.2) is 5.78 Å². The predicted octanol–water partition coefficient (Wildman–Crippen LogP) is 3.07. The molecule has 1 heterocycles. The molecule has 0 atom stereocenters. The Morgan fingerprint density at radius 3 is 2.52 bits per heavy atom. The molecule has 1 aliphatic carbocycles. The van der Waals surface area contributed by atoms with Gasteiger partial charge in [-0.25, -0.2) is 0 Å². The summed E-state index contributed by atoms with van der Waals surface area (Å²) in [7, 11) is 0. The van der Waals surface area contributed by atoms with E-state index in [0.717, 1.165) is 56.2 Å². The van der Waals surface area contributed by atoms with Crippen LogP contribution in [0.1, 0.15) is 26.7 Å². The van der Waals surface area contributed by atoms with Gasteiger partial charge >= 0.3 is 0 Å². The fourth-order valence-electron chi connectivity index (χ4n) is 3.34. The van der Waals surface area contributed by atoms with Gasteiger partial charge in [0.05, 0.1) is 13.2 Å². The minimum absolute atomic E-state index is 0.0166. The number of ether oxygens (including phenoxy) is 1. The van der Waals surface area contributed by atoms with Crippen LogP contribution in [-0.2, 0) is 9.53 Å². The third-order valence-corrected chi connectivity index (χ3v) is 4.55. The number of rotatable bonds is 4. The van der Waals surface area contributed by atoms with E-state index in [-0.39, 0.29) is 11.2 Å². The molecule has 4 heteroatoms. The molecule has 0 radical (unpaired) electrons. The number of carbonyl (C=O) groups is 1. The summed E-state index contributed by atoms with van der Waals surface area (Å²) in [6, 6.07) is 10.1. The average Bonchev–Trinajstić information content (AvgIpc) is 2.52. The number of benzene rings is 1. The van der Waals surface area contributed by atoms with Gasteiger partial charge < -0.3 is 10.1 Å². The predicted molar refractivity (Wildman–Crippen MR) is 92.4 cm³/mol. The summed E-state index contributed by atoms with van der Waals surface area (Å²) in [4.78, 5) is 15.0. The van der Waals surface area contributed by atoms with Crippen molar-refractivity contribution in [2.45, 2.75) is 26.7 Å². The molecule has 4 nitrogen and oxygen atoms in total. The number of ketones is 1. The molecule has 0 unspecified atom stereocenters. The van der Waals surface area contributed by atoms with Crippen molar-refractivity contribution in [3.05, 3.63) is 41.6 Å². The zero-order chi connectivity index (χ0) is 16.3. The van der Waals surface area contributed by atoms with Gasteiger partial charge in [0.25, 0.3) is 0 Å². The Morgan fingerprint density at radius 2 is 1.83 bits per heavy atom. The summed E-state index contributed by atoms with van der Waals surface area (Å²) in [6.45, 7) is 8.39. The van der Waals surface area contributed by atoms with Crippen LogP contribution in [0.3, 0.4) is 0 Å². The molecule has 1 aromatic rings. The summed E-state index contributed by atoms with van der Waals surface area (Å²) in [6.07, 6.45) is 1.54. The zero-order valence-corrected chi connectivity index (χ0v) is 14.1. The topological polar surface area (TPSA) is 41.6 Å². The maximum Gasteiger partial charge on any atom is 0.162 e. The monoisotopic (exact) mass is 314 g/mol. The molecule has 1 aliphatic heterocycles. The van der Waals surface area contributed by atoms with Crippen molar-refractivity contribution < 1.29 is 9.53 Å². The molecule has 0 spiro atoms. The summed E-state index contributed by atoms with van der Waals surface area (Å²) >= 11 is 0. The van der Waals surface area contributed by atoms with Crippen molar-refractivity contribution >= 4 is 11.5 Å². The van der Waals surface area contributed by atoms with Crippen LogP contribution in [0.5, 0.6) is 0 Å². The number of para-hydroxylation sites is 1. The molecule has 3 rings (SSSR count). The molecular weight excluding hydrogens is 288 g/mol. The summed E-state index contributed by atoms with van der Waals surface area (Å²) in [5.74, 6) is 0.283. The first-order chi connectivity index (χ1) is 11.0. The Bertz CT molecular complexity index is 587. The standard InChI is InChI=1S/C19H26N2O2/c1-19(2)12-17(20-15-6-4-3-5-7-15)16(18(22)13-19)14-21-8-10-23-11-9-21/h3-7,20H,8-14H2,1-2H3. The zero-order valence-electron chi connectivity index (χ0n) is 14.1. The van der Waals surface area contributed by atoms with Crippen molar-refractivity contribution in [1.29, 1.82) is 0 Å². The Morgan fingerprint density at radius 1 is 1.13 bits per heavy atom. The number of Topliss-reactive ketones (excluding diaryl/α,β-unsaturated/α-hetero) is 1. The second-order valence-electron chi connectivity index (χ2n) is 7.28. The Hall–Kier alpha value is -1.65. The van der Waals surface area contributed by atoms with Crippen LogP contribution < -0.4 is 5.32 Å². The van der Waals surface area contributed by atoms with Gasteiger partial charge in [-0.2, -0.15) is 0 Å². The first kappa shape index (κ1) is 16.2. The van der Waals surface area contributed by atoms with Crippen LogP contribution in [0, 0.1) is 5.41 Å². The number of hydrogen-bond donors (Lipinski definition) is 1. The normalized spacial score (nSPS) is 22.3. The lowest BCUT2D eigenvalue weighted by Gasteiger charge is -2.35. The molecular formula is C19H26N2O2. The van der Waals surface area contributed by atoms with E-state index >= 15 is 0 Å². The number of allylic oxidation sites excluding steroid dienone is 1. The van der Waals surface area contributed by atoms with Crippen molar-refractivity contribution in [1.82, 2.24) is 4.90 Å². The molecule has 23 heavy (non-hydrogen) atoms. The van der Waals surface area contributed by atoms with Gasteiger partial charge in [-0.15, -0.1) is 0 Å². The van der Waals surface area contributed by atoms with Crippen molar-refractivity contribution in [3.8, 4) is 0 Å². The quantitative estimate of drug-likeness (QED) is 0.927. The highest BCUT2D eigenvalue weighted by Gasteiger charge is 2.33. The fraction of sp³-hybridized carbons (Fsp3) is 0.526. The highest BCUT2D eigenvalue weighted by atomic mass is 16.5. The number of hydrogen-bond acceptors (Lipinski definition) is 4. The summed E-state index contributed by atoms with van der Waals surface area (Å²) in [5, 5.41) is 3.51. The van der Waals surface area contributed by atoms with Gasteiger partial charge in [0, 0.05) is 43.0 Å². The van der Waals surface area contributed by atoms with Crippen molar-refractivity contribution in [2.24, 2.45) is 5.41 Å². The first-order valence-electron chi connectivity index (χ1n) is 8.41. The highest BCUT2D eigenvalue weighted by Crippen LogP contribution is 2.37. The fourth-order valence-corrected chi connectivity index (χ4v) is 3.34. The van der Waals surface area contributed by atoms with E-state index in [1.165, 1.54) is 0 Å². The molecule has 0 bridgehead atoms. The van der Waals surface area contributed by atoms with Gasteiger partial charge in [0.1, 0.15) is 0 Å². The Labute approximate surface area is 138 Å². The minimum atomic E-state index is 0.0166. The van der Waals surface area contributed by atoms with Gasteiger partial charge in [-0.1, -0.05) is 32.0 Å². The van der Waals surface area contributed by atoms with E-state index in [4.69, 9.17) is 4.74 Å². The van der Waals surface area contributed by atoms with Gasteiger partial charge in [0.2, 0.25) is 0 Å². The van der Waals surface area contributed by atoms with Gasteiger partial charge in [-0.3, -0.25) is 9.69 Å². The molecule has 1 fully saturated rings. The third-order valence-electron chi connectivity index (χ3n) is 4.55. The molecule has 0 amide bonds. The number of nitrogens with one attached hydrogen (secondary N) is 1. The largest absolute Gasteiger partial charge is 0.379 e. The number of morpholine rings is 1. The molecule has 0 saturated carbocycles. The smallest absolute Gasteiger partial charge is 0.162 e. The summed E-state index contributed by atoms with van der Waals surface area (Å²) in [5.41, 5.74) is 3.11. The number of nitrogens with zero attached hydrogens (tertiary/aromatic N) is 1. The molecule has 2 aliphatic rings. The molecule has 1 aromatic carbocycles. The average molecular weight is 314 g/mol. The van der Waals surface area contributed by atoms with E-state index in [1.807, 2.05) is 30.3 Å². The number of carbonyl (C=O) groups excluding carboxylic acids is 1. The molecule has 1 saturated heterocycles. The lowest BCUT2D eigenvalue weighted by molar-refractivity contribution is -0.118. The van der Waals surface area contributed by atoms with Crippen LogP contribution in [0.4, 0.5) is 5.69 Å². The SMILES string of the molecule is CC1(C)CC(=O)C(CN2CCOCC2)=C(Nc2ccccc2)C1. The highest BCUT2D eigenvalue weighted by molar-refractivity contribution is 5.98. The molecule has 124 valence electrons. The second-order valence-corrected chi connectivity index (χ2v) is 7.28. The second kappa shape index (κ2) is 6.85. The van der Waals surface area contributed by atoms with E-state index in [9.17, 15) is 4.79 Å². The van der Waals surface area contributed by atoms with Crippen LogP contribution in [0.2, 0.25) is 0 Å². The van der Waals surface area contributed by atoms with E-state index in [1.54, 1.807) is 0 Å². The lowest BCUT2D eigenvalue weighted by atomic mass is 9.75. The molecule has 1 N–H and O–H groups in total. The van der Waals surface area contributed by atoms with Crippen molar-refractivity contribution in [3.63, 3.8) is 0 Å².